The number of anilines is 1. The summed E-state index contributed by atoms with van der Waals surface area (Å²) in [6.07, 6.45) is 9.80. The molecule has 0 heterocycles. The van der Waals surface area contributed by atoms with Crippen molar-refractivity contribution in [2.24, 2.45) is 11.8 Å². The summed E-state index contributed by atoms with van der Waals surface area (Å²) < 4.78 is 0. The van der Waals surface area contributed by atoms with E-state index in [0.29, 0.717) is 6.04 Å². The Kier molecular flexibility index (Phi) is 4.09. The molecular weight excluding hydrogens is 246 g/mol. The molecule has 0 amide bonds. The van der Waals surface area contributed by atoms with Crippen molar-refractivity contribution >= 4 is 11.5 Å². The molecule has 2 atom stereocenters. The minimum Gasteiger partial charge on any atom is -0.382 e. The maximum absolute atomic E-state index is 11.3. The molecule has 3 rings (SSSR count). The van der Waals surface area contributed by atoms with Crippen LogP contribution in [0.4, 0.5) is 5.69 Å². The van der Waals surface area contributed by atoms with Crippen LogP contribution in [-0.2, 0) is 0 Å². The minimum absolute atomic E-state index is 0.140. The zero-order valence-corrected chi connectivity index (χ0v) is 12.4. The summed E-state index contributed by atoms with van der Waals surface area (Å²) in [5.41, 5.74) is 1.97. The van der Waals surface area contributed by atoms with Gasteiger partial charge in [0.25, 0.3) is 0 Å². The van der Waals surface area contributed by atoms with Crippen LogP contribution in [0.2, 0.25) is 0 Å². The van der Waals surface area contributed by atoms with Gasteiger partial charge in [0, 0.05) is 17.3 Å². The summed E-state index contributed by atoms with van der Waals surface area (Å²) in [4.78, 5) is 11.3. The van der Waals surface area contributed by atoms with Gasteiger partial charge in [0.1, 0.15) is 0 Å². The van der Waals surface area contributed by atoms with Crippen molar-refractivity contribution in [1.29, 1.82) is 0 Å². The molecule has 2 unspecified atom stereocenters. The second kappa shape index (κ2) is 5.99. The van der Waals surface area contributed by atoms with Crippen LogP contribution < -0.4 is 5.32 Å². The van der Waals surface area contributed by atoms with E-state index in [1.165, 1.54) is 50.6 Å². The Bertz CT molecular complexity index is 459. The molecular formula is C18H25NO. The second-order valence-corrected chi connectivity index (χ2v) is 6.52. The Hall–Kier alpha value is -1.31. The molecule has 1 aromatic rings. The molecule has 0 spiro atoms. The largest absolute Gasteiger partial charge is 0.382 e. The van der Waals surface area contributed by atoms with E-state index in [1.807, 2.05) is 12.1 Å². The first kappa shape index (κ1) is 13.7. The number of ketones is 1. The molecule has 2 saturated carbocycles. The first-order chi connectivity index (χ1) is 9.74. The van der Waals surface area contributed by atoms with Crippen LogP contribution in [-0.4, -0.2) is 11.8 Å². The fraction of sp³-hybridized carbons (Fsp3) is 0.611. The highest BCUT2D eigenvalue weighted by Crippen LogP contribution is 2.41. The van der Waals surface area contributed by atoms with E-state index in [4.69, 9.17) is 0 Å². The third kappa shape index (κ3) is 2.89. The van der Waals surface area contributed by atoms with Crippen molar-refractivity contribution in [1.82, 2.24) is 0 Å². The van der Waals surface area contributed by atoms with Crippen molar-refractivity contribution < 1.29 is 4.79 Å². The monoisotopic (exact) mass is 271 g/mol. The number of benzene rings is 1. The number of hydrogen-bond donors (Lipinski definition) is 1. The second-order valence-electron chi connectivity index (χ2n) is 6.52. The molecule has 2 aliphatic rings. The summed E-state index contributed by atoms with van der Waals surface area (Å²) in [6.45, 7) is 1.62. The van der Waals surface area contributed by atoms with Crippen LogP contribution in [0.3, 0.4) is 0 Å². The highest BCUT2D eigenvalue weighted by molar-refractivity contribution is 5.94. The van der Waals surface area contributed by atoms with E-state index in [0.717, 1.165) is 17.4 Å². The Labute approximate surface area is 122 Å². The normalized spacial score (nSPS) is 26.9. The van der Waals surface area contributed by atoms with Crippen molar-refractivity contribution in [3.05, 3.63) is 29.8 Å². The maximum Gasteiger partial charge on any atom is 0.159 e. The fourth-order valence-corrected chi connectivity index (χ4v) is 4.13. The van der Waals surface area contributed by atoms with Crippen LogP contribution in [0.1, 0.15) is 62.2 Å². The van der Waals surface area contributed by atoms with Gasteiger partial charge in [-0.3, -0.25) is 4.79 Å². The van der Waals surface area contributed by atoms with Gasteiger partial charge in [-0.05, 0) is 55.9 Å². The van der Waals surface area contributed by atoms with Gasteiger partial charge in [0.2, 0.25) is 0 Å². The number of hydrogen-bond acceptors (Lipinski definition) is 2. The lowest BCUT2D eigenvalue weighted by Gasteiger charge is -2.27. The molecule has 1 N–H and O–H groups in total. The standard InChI is InChI=1S/C18H25NO/c1-13(20)14-9-11-16(12-10-14)19-18-8-4-7-17(18)15-5-2-3-6-15/h9-12,15,17-19H,2-8H2,1H3. The summed E-state index contributed by atoms with van der Waals surface area (Å²) in [7, 11) is 0. The number of carbonyl (C=O) groups is 1. The number of carbonyl (C=O) groups excluding carboxylic acids is 1. The zero-order chi connectivity index (χ0) is 13.9. The van der Waals surface area contributed by atoms with E-state index in [1.54, 1.807) is 6.92 Å². The van der Waals surface area contributed by atoms with Gasteiger partial charge in [-0.15, -0.1) is 0 Å². The number of Topliss-reactive ketones (excluding diaryl/α,β-unsaturated/α-hetero) is 1. The fourth-order valence-electron chi connectivity index (χ4n) is 4.13. The predicted molar refractivity (Wildman–Crippen MR) is 83.2 cm³/mol. The van der Waals surface area contributed by atoms with Crippen molar-refractivity contribution in [3.63, 3.8) is 0 Å². The smallest absolute Gasteiger partial charge is 0.159 e. The van der Waals surface area contributed by atoms with E-state index in [9.17, 15) is 4.79 Å². The highest BCUT2D eigenvalue weighted by Gasteiger charge is 2.34. The third-order valence-corrected chi connectivity index (χ3v) is 5.22. The summed E-state index contributed by atoms with van der Waals surface area (Å²) in [5.74, 6) is 1.96. The molecule has 1 aromatic carbocycles. The van der Waals surface area contributed by atoms with Crippen LogP contribution in [0.5, 0.6) is 0 Å². The Morgan fingerprint density at radius 2 is 1.70 bits per heavy atom. The lowest BCUT2D eigenvalue weighted by Crippen LogP contribution is -2.28. The van der Waals surface area contributed by atoms with Crippen LogP contribution in [0.25, 0.3) is 0 Å². The van der Waals surface area contributed by atoms with Crippen LogP contribution >= 0.6 is 0 Å². The molecule has 0 bridgehead atoms. The number of nitrogens with one attached hydrogen (secondary N) is 1. The van der Waals surface area contributed by atoms with E-state index >= 15 is 0 Å². The van der Waals surface area contributed by atoms with Gasteiger partial charge in [-0.1, -0.05) is 32.1 Å². The highest BCUT2D eigenvalue weighted by atomic mass is 16.1. The van der Waals surface area contributed by atoms with Gasteiger partial charge < -0.3 is 5.32 Å². The molecule has 2 fully saturated rings. The molecule has 108 valence electrons. The number of rotatable bonds is 4. The van der Waals surface area contributed by atoms with Gasteiger partial charge >= 0.3 is 0 Å². The van der Waals surface area contributed by atoms with Crippen molar-refractivity contribution in [2.75, 3.05) is 5.32 Å². The average molecular weight is 271 g/mol. The Balaban J connectivity index is 1.65. The first-order valence-corrected chi connectivity index (χ1v) is 8.11. The van der Waals surface area contributed by atoms with Gasteiger partial charge in [-0.2, -0.15) is 0 Å². The molecule has 2 aliphatic carbocycles. The SMILES string of the molecule is CC(=O)c1ccc(NC2CCCC2C2CCCC2)cc1. The summed E-state index contributed by atoms with van der Waals surface area (Å²) in [6, 6.07) is 8.62. The predicted octanol–water partition coefficient (Wildman–Crippen LogP) is 4.66. The zero-order valence-electron chi connectivity index (χ0n) is 12.4. The lowest BCUT2D eigenvalue weighted by molar-refractivity contribution is 0.101. The van der Waals surface area contributed by atoms with Crippen molar-refractivity contribution in [2.45, 2.75) is 57.9 Å². The molecule has 20 heavy (non-hydrogen) atoms. The molecule has 2 heteroatoms. The molecule has 0 saturated heterocycles. The molecule has 0 aliphatic heterocycles. The lowest BCUT2D eigenvalue weighted by atomic mass is 9.86. The summed E-state index contributed by atoms with van der Waals surface area (Å²) in [5, 5.41) is 3.72. The quantitative estimate of drug-likeness (QED) is 0.807. The van der Waals surface area contributed by atoms with Crippen LogP contribution in [0, 0.1) is 11.8 Å². The average Bonchev–Trinajstić information content (AvgIpc) is 3.09. The van der Waals surface area contributed by atoms with Gasteiger partial charge in [0.15, 0.2) is 5.78 Å². The van der Waals surface area contributed by atoms with Gasteiger partial charge in [0.05, 0.1) is 0 Å². The van der Waals surface area contributed by atoms with Crippen LogP contribution in [0.15, 0.2) is 24.3 Å². The molecule has 2 nitrogen and oxygen atoms in total. The minimum atomic E-state index is 0.140. The van der Waals surface area contributed by atoms with E-state index < -0.39 is 0 Å². The Morgan fingerprint density at radius 3 is 2.35 bits per heavy atom. The molecule has 0 aromatic heterocycles. The Morgan fingerprint density at radius 1 is 1.00 bits per heavy atom. The molecule has 0 radical (unpaired) electrons. The first-order valence-electron chi connectivity index (χ1n) is 8.11. The maximum atomic E-state index is 11.3. The van der Waals surface area contributed by atoms with E-state index in [-0.39, 0.29) is 5.78 Å². The van der Waals surface area contributed by atoms with E-state index in [2.05, 4.69) is 17.4 Å². The van der Waals surface area contributed by atoms with Crippen molar-refractivity contribution in [3.8, 4) is 0 Å². The third-order valence-electron chi connectivity index (χ3n) is 5.22. The summed E-state index contributed by atoms with van der Waals surface area (Å²) >= 11 is 0. The topological polar surface area (TPSA) is 29.1 Å². The van der Waals surface area contributed by atoms with Gasteiger partial charge in [-0.25, -0.2) is 0 Å².